The summed E-state index contributed by atoms with van der Waals surface area (Å²) >= 11 is 0. The number of hydrogen-bond acceptors (Lipinski definition) is 0. The molecule has 2 rings (SSSR count). The SMILES string of the molecule is CCCC1CCC(C2CCC(CCC(CC)CC)CC2)CC1. The Labute approximate surface area is 140 Å². The molecule has 22 heavy (non-hydrogen) atoms. The van der Waals surface area contributed by atoms with Gasteiger partial charge in [0, 0.05) is 0 Å². The normalized spacial score (nSPS) is 33.3. The fraction of sp³-hybridized carbons (Fsp3) is 1.00. The lowest BCUT2D eigenvalue weighted by molar-refractivity contribution is 0.138. The molecule has 0 spiro atoms. The van der Waals surface area contributed by atoms with Crippen LogP contribution < -0.4 is 0 Å². The Morgan fingerprint density at radius 2 is 1.09 bits per heavy atom. The Bertz CT molecular complexity index is 262. The summed E-state index contributed by atoms with van der Waals surface area (Å²) in [6.07, 6.45) is 21.2. The molecule has 0 aliphatic heterocycles. The molecular weight excluding hydrogens is 264 g/mol. The van der Waals surface area contributed by atoms with E-state index >= 15 is 0 Å². The second-order valence-corrected chi connectivity index (χ2v) is 8.61. The molecule has 0 aromatic rings. The summed E-state index contributed by atoms with van der Waals surface area (Å²) in [5.74, 6) is 5.37. The zero-order valence-electron chi connectivity index (χ0n) is 15.8. The molecule has 2 saturated carbocycles. The highest BCUT2D eigenvalue weighted by Gasteiger charge is 2.30. The van der Waals surface area contributed by atoms with E-state index in [9.17, 15) is 0 Å². The van der Waals surface area contributed by atoms with Crippen LogP contribution in [0.1, 0.15) is 111 Å². The fourth-order valence-electron chi connectivity index (χ4n) is 5.47. The van der Waals surface area contributed by atoms with Crippen LogP contribution in [0.3, 0.4) is 0 Å². The van der Waals surface area contributed by atoms with Crippen LogP contribution in [0.15, 0.2) is 0 Å². The average molecular weight is 307 g/mol. The van der Waals surface area contributed by atoms with Gasteiger partial charge in [-0.3, -0.25) is 0 Å². The van der Waals surface area contributed by atoms with E-state index in [2.05, 4.69) is 20.8 Å². The van der Waals surface area contributed by atoms with Crippen molar-refractivity contribution in [1.82, 2.24) is 0 Å². The van der Waals surface area contributed by atoms with Crippen molar-refractivity contribution in [2.24, 2.45) is 29.6 Å². The van der Waals surface area contributed by atoms with E-state index in [4.69, 9.17) is 0 Å². The highest BCUT2D eigenvalue weighted by atomic mass is 14.4. The van der Waals surface area contributed by atoms with Crippen molar-refractivity contribution in [2.75, 3.05) is 0 Å². The molecule has 0 aromatic heterocycles. The van der Waals surface area contributed by atoms with Gasteiger partial charge < -0.3 is 0 Å². The van der Waals surface area contributed by atoms with Crippen LogP contribution in [0, 0.1) is 29.6 Å². The van der Waals surface area contributed by atoms with Gasteiger partial charge in [0.05, 0.1) is 0 Å². The van der Waals surface area contributed by atoms with Crippen molar-refractivity contribution in [3.63, 3.8) is 0 Å². The molecule has 0 amide bonds. The summed E-state index contributed by atoms with van der Waals surface area (Å²) in [7, 11) is 0. The highest BCUT2D eigenvalue weighted by Crippen LogP contribution is 2.43. The Kier molecular flexibility index (Phi) is 8.33. The van der Waals surface area contributed by atoms with E-state index in [0.29, 0.717) is 0 Å². The highest BCUT2D eigenvalue weighted by molar-refractivity contribution is 4.82. The predicted molar refractivity (Wildman–Crippen MR) is 99.1 cm³/mol. The fourth-order valence-corrected chi connectivity index (χ4v) is 5.47. The third kappa shape index (κ3) is 5.57. The summed E-state index contributed by atoms with van der Waals surface area (Å²) < 4.78 is 0. The standard InChI is InChI=1S/C22H42/c1-4-7-19-10-14-21(15-11-19)22-16-12-20(13-17-22)9-8-18(5-2)6-3/h18-22H,4-17H2,1-3H3. The van der Waals surface area contributed by atoms with Gasteiger partial charge in [0.2, 0.25) is 0 Å². The molecule has 2 fully saturated rings. The molecular formula is C22H42. The van der Waals surface area contributed by atoms with Gasteiger partial charge in [-0.05, 0) is 55.3 Å². The molecule has 0 N–H and O–H groups in total. The Morgan fingerprint density at radius 3 is 1.50 bits per heavy atom. The van der Waals surface area contributed by atoms with Crippen molar-refractivity contribution in [2.45, 2.75) is 111 Å². The van der Waals surface area contributed by atoms with Gasteiger partial charge in [0.15, 0.2) is 0 Å². The lowest BCUT2D eigenvalue weighted by atomic mass is 9.68. The van der Waals surface area contributed by atoms with Gasteiger partial charge in [-0.1, -0.05) is 85.0 Å². The minimum Gasteiger partial charge on any atom is -0.0654 e. The predicted octanol–water partition coefficient (Wildman–Crippen LogP) is 7.62. The zero-order valence-corrected chi connectivity index (χ0v) is 15.8. The third-order valence-electron chi connectivity index (χ3n) is 7.28. The molecule has 130 valence electrons. The Morgan fingerprint density at radius 1 is 0.636 bits per heavy atom. The summed E-state index contributed by atoms with van der Waals surface area (Å²) in [6, 6.07) is 0. The van der Waals surface area contributed by atoms with Crippen molar-refractivity contribution >= 4 is 0 Å². The monoisotopic (exact) mass is 306 g/mol. The molecule has 0 atom stereocenters. The van der Waals surface area contributed by atoms with Gasteiger partial charge in [-0.15, -0.1) is 0 Å². The first kappa shape index (κ1) is 18.3. The van der Waals surface area contributed by atoms with Crippen LogP contribution in [-0.4, -0.2) is 0 Å². The van der Waals surface area contributed by atoms with Gasteiger partial charge in [0.1, 0.15) is 0 Å². The first-order valence-corrected chi connectivity index (χ1v) is 10.8. The molecule has 2 aliphatic carbocycles. The Hall–Kier alpha value is 0. The quantitative estimate of drug-likeness (QED) is 0.432. The summed E-state index contributed by atoms with van der Waals surface area (Å²) in [4.78, 5) is 0. The van der Waals surface area contributed by atoms with Crippen LogP contribution in [0.25, 0.3) is 0 Å². The van der Waals surface area contributed by atoms with E-state index < -0.39 is 0 Å². The van der Waals surface area contributed by atoms with Crippen LogP contribution in [0.2, 0.25) is 0 Å². The average Bonchev–Trinajstić information content (AvgIpc) is 2.57. The van der Waals surface area contributed by atoms with Gasteiger partial charge in [-0.25, -0.2) is 0 Å². The topological polar surface area (TPSA) is 0 Å². The van der Waals surface area contributed by atoms with Gasteiger partial charge in [0.25, 0.3) is 0 Å². The summed E-state index contributed by atoms with van der Waals surface area (Å²) in [6.45, 7) is 7.11. The molecule has 0 nitrogen and oxygen atoms in total. The van der Waals surface area contributed by atoms with Crippen LogP contribution in [0.4, 0.5) is 0 Å². The molecule has 0 radical (unpaired) electrons. The van der Waals surface area contributed by atoms with Crippen LogP contribution >= 0.6 is 0 Å². The third-order valence-corrected chi connectivity index (χ3v) is 7.28. The largest absolute Gasteiger partial charge is 0.0654 e. The minimum atomic E-state index is 1.01. The summed E-state index contributed by atoms with van der Waals surface area (Å²) in [5.41, 5.74) is 0. The van der Waals surface area contributed by atoms with E-state index in [1.807, 2.05) is 0 Å². The van der Waals surface area contributed by atoms with E-state index in [1.54, 1.807) is 51.4 Å². The van der Waals surface area contributed by atoms with Crippen LogP contribution in [-0.2, 0) is 0 Å². The zero-order chi connectivity index (χ0) is 15.8. The van der Waals surface area contributed by atoms with E-state index in [-0.39, 0.29) is 0 Å². The molecule has 2 aliphatic rings. The van der Waals surface area contributed by atoms with Gasteiger partial charge in [-0.2, -0.15) is 0 Å². The maximum absolute atomic E-state index is 2.37. The molecule has 0 heteroatoms. The molecule has 0 saturated heterocycles. The van der Waals surface area contributed by atoms with Crippen molar-refractivity contribution in [3.8, 4) is 0 Å². The lowest BCUT2D eigenvalue weighted by Crippen LogP contribution is -2.26. The molecule has 0 bridgehead atoms. The molecule has 0 unspecified atom stereocenters. The lowest BCUT2D eigenvalue weighted by Gasteiger charge is -2.38. The maximum Gasteiger partial charge on any atom is -0.0386 e. The second kappa shape index (κ2) is 9.99. The summed E-state index contributed by atoms with van der Waals surface area (Å²) in [5, 5.41) is 0. The minimum absolute atomic E-state index is 1.01. The molecule has 0 heterocycles. The maximum atomic E-state index is 2.37. The van der Waals surface area contributed by atoms with Crippen molar-refractivity contribution < 1.29 is 0 Å². The first-order valence-electron chi connectivity index (χ1n) is 10.8. The number of rotatable bonds is 8. The van der Waals surface area contributed by atoms with Gasteiger partial charge >= 0.3 is 0 Å². The first-order chi connectivity index (χ1) is 10.8. The second-order valence-electron chi connectivity index (χ2n) is 8.61. The number of hydrogen-bond donors (Lipinski definition) is 0. The van der Waals surface area contributed by atoms with E-state index in [0.717, 1.165) is 29.6 Å². The van der Waals surface area contributed by atoms with Crippen molar-refractivity contribution in [1.29, 1.82) is 0 Å². The van der Waals surface area contributed by atoms with E-state index in [1.165, 1.54) is 38.5 Å². The van der Waals surface area contributed by atoms with Crippen LogP contribution in [0.5, 0.6) is 0 Å². The smallest absolute Gasteiger partial charge is 0.0386 e. The molecule has 0 aromatic carbocycles. The van der Waals surface area contributed by atoms with Crippen molar-refractivity contribution in [3.05, 3.63) is 0 Å². The Balaban J connectivity index is 1.63.